The average Bonchev–Trinajstić information content (AvgIpc) is 2.75. The van der Waals surface area contributed by atoms with Crippen LogP contribution in [-0.4, -0.2) is 9.78 Å². The third-order valence-corrected chi connectivity index (χ3v) is 2.96. The first-order valence-corrected chi connectivity index (χ1v) is 5.77. The molecule has 0 spiro atoms. The molecule has 0 bridgehead atoms. The highest BCUT2D eigenvalue weighted by Crippen LogP contribution is 2.24. The number of anilines is 2. The van der Waals surface area contributed by atoms with Gasteiger partial charge in [0.05, 0.1) is 17.4 Å². The molecule has 3 rings (SSSR count). The monoisotopic (exact) mass is 259 g/mol. The fraction of sp³-hybridized carbons (Fsp3) is 0.0714. The number of nitrogens with one attached hydrogen (secondary N) is 1. The van der Waals surface area contributed by atoms with Crippen LogP contribution in [0, 0.1) is 11.6 Å². The second-order valence-electron chi connectivity index (χ2n) is 4.29. The number of nitrogens with zero attached hydrogens (tertiary/aromatic N) is 2. The van der Waals surface area contributed by atoms with Gasteiger partial charge in [0.1, 0.15) is 11.6 Å². The summed E-state index contributed by atoms with van der Waals surface area (Å²) in [4.78, 5) is 0. The topological polar surface area (TPSA) is 29.9 Å². The summed E-state index contributed by atoms with van der Waals surface area (Å²) in [6.07, 6.45) is 1.76. The summed E-state index contributed by atoms with van der Waals surface area (Å²) in [5.74, 6) is -1.21. The van der Waals surface area contributed by atoms with Crippen molar-refractivity contribution >= 4 is 22.3 Å². The van der Waals surface area contributed by atoms with Gasteiger partial charge in [0, 0.05) is 24.2 Å². The third kappa shape index (κ3) is 2.14. The van der Waals surface area contributed by atoms with Crippen molar-refractivity contribution in [1.29, 1.82) is 0 Å². The molecular weight excluding hydrogens is 248 g/mol. The Bertz CT molecular complexity index is 750. The quantitative estimate of drug-likeness (QED) is 0.762. The van der Waals surface area contributed by atoms with Gasteiger partial charge in [-0.05, 0) is 30.3 Å². The largest absolute Gasteiger partial charge is 0.353 e. The molecule has 3 nitrogen and oxygen atoms in total. The maximum Gasteiger partial charge on any atom is 0.149 e. The summed E-state index contributed by atoms with van der Waals surface area (Å²) >= 11 is 0. The Morgan fingerprint density at radius 1 is 1.11 bits per heavy atom. The first-order valence-electron chi connectivity index (χ1n) is 5.77. The van der Waals surface area contributed by atoms with Crippen LogP contribution in [0.1, 0.15) is 0 Å². The maximum absolute atomic E-state index is 13.5. The SMILES string of the molecule is Cn1ncc2ccc(Nc3ccc(F)cc3F)cc21. The Hall–Kier alpha value is -2.43. The van der Waals surface area contributed by atoms with Crippen LogP contribution in [0.2, 0.25) is 0 Å². The van der Waals surface area contributed by atoms with E-state index >= 15 is 0 Å². The maximum atomic E-state index is 13.5. The number of fused-ring (bicyclic) bond motifs is 1. The Labute approximate surface area is 108 Å². The highest BCUT2D eigenvalue weighted by atomic mass is 19.1. The summed E-state index contributed by atoms with van der Waals surface area (Å²) in [6, 6.07) is 9.03. The van der Waals surface area contributed by atoms with Crippen molar-refractivity contribution in [2.45, 2.75) is 0 Å². The van der Waals surface area contributed by atoms with Gasteiger partial charge in [-0.1, -0.05) is 0 Å². The van der Waals surface area contributed by atoms with E-state index in [0.29, 0.717) is 0 Å². The fourth-order valence-corrected chi connectivity index (χ4v) is 1.97. The van der Waals surface area contributed by atoms with Crippen LogP contribution in [0.4, 0.5) is 20.2 Å². The molecule has 0 atom stereocenters. The van der Waals surface area contributed by atoms with Crippen LogP contribution in [-0.2, 0) is 7.05 Å². The Morgan fingerprint density at radius 3 is 2.74 bits per heavy atom. The lowest BCUT2D eigenvalue weighted by Crippen LogP contribution is -1.95. The van der Waals surface area contributed by atoms with Gasteiger partial charge in [-0.15, -0.1) is 0 Å². The van der Waals surface area contributed by atoms with Gasteiger partial charge < -0.3 is 5.32 Å². The Balaban J connectivity index is 1.98. The molecule has 1 aromatic heterocycles. The van der Waals surface area contributed by atoms with Crippen LogP contribution in [0.5, 0.6) is 0 Å². The number of hydrogen-bond acceptors (Lipinski definition) is 2. The molecule has 0 fully saturated rings. The van der Waals surface area contributed by atoms with E-state index in [4.69, 9.17) is 0 Å². The van der Waals surface area contributed by atoms with Crippen LogP contribution in [0.25, 0.3) is 10.9 Å². The molecule has 0 radical (unpaired) electrons. The molecule has 0 amide bonds. The lowest BCUT2D eigenvalue weighted by Gasteiger charge is -2.08. The van der Waals surface area contributed by atoms with Gasteiger partial charge >= 0.3 is 0 Å². The summed E-state index contributed by atoms with van der Waals surface area (Å²) in [5.41, 5.74) is 1.90. The molecule has 5 heteroatoms. The van der Waals surface area contributed by atoms with Gasteiger partial charge in [0.25, 0.3) is 0 Å². The molecule has 0 aliphatic carbocycles. The van der Waals surface area contributed by atoms with E-state index in [2.05, 4.69) is 10.4 Å². The van der Waals surface area contributed by atoms with E-state index < -0.39 is 11.6 Å². The smallest absolute Gasteiger partial charge is 0.149 e. The van der Waals surface area contributed by atoms with Gasteiger partial charge in [0.2, 0.25) is 0 Å². The molecular formula is C14H11F2N3. The normalized spacial score (nSPS) is 10.9. The zero-order valence-electron chi connectivity index (χ0n) is 10.2. The molecule has 96 valence electrons. The second-order valence-corrected chi connectivity index (χ2v) is 4.29. The van der Waals surface area contributed by atoms with Gasteiger partial charge in [0.15, 0.2) is 0 Å². The van der Waals surface area contributed by atoms with Crippen molar-refractivity contribution < 1.29 is 8.78 Å². The number of benzene rings is 2. The van der Waals surface area contributed by atoms with Crippen molar-refractivity contribution in [1.82, 2.24) is 9.78 Å². The van der Waals surface area contributed by atoms with Gasteiger partial charge in [-0.25, -0.2) is 8.78 Å². The molecule has 1 heterocycles. The van der Waals surface area contributed by atoms with E-state index in [1.807, 2.05) is 25.2 Å². The number of aryl methyl sites for hydroxylation is 1. The van der Waals surface area contributed by atoms with Crippen molar-refractivity contribution in [3.05, 3.63) is 54.2 Å². The summed E-state index contributed by atoms with van der Waals surface area (Å²) in [6.45, 7) is 0. The van der Waals surface area contributed by atoms with E-state index in [1.54, 1.807) is 10.9 Å². The molecule has 0 unspecified atom stereocenters. The summed E-state index contributed by atoms with van der Waals surface area (Å²) in [7, 11) is 1.84. The van der Waals surface area contributed by atoms with Crippen molar-refractivity contribution in [2.24, 2.45) is 7.05 Å². The lowest BCUT2D eigenvalue weighted by molar-refractivity contribution is 0.586. The van der Waals surface area contributed by atoms with Gasteiger partial charge in [-0.3, -0.25) is 4.68 Å². The minimum atomic E-state index is -0.620. The van der Waals surface area contributed by atoms with Crippen molar-refractivity contribution in [3.63, 3.8) is 0 Å². The predicted molar refractivity (Wildman–Crippen MR) is 70.4 cm³/mol. The zero-order chi connectivity index (χ0) is 13.4. The van der Waals surface area contributed by atoms with Crippen molar-refractivity contribution in [2.75, 3.05) is 5.32 Å². The molecule has 19 heavy (non-hydrogen) atoms. The predicted octanol–water partition coefficient (Wildman–Crippen LogP) is 3.60. The fourth-order valence-electron chi connectivity index (χ4n) is 1.97. The van der Waals surface area contributed by atoms with Crippen LogP contribution >= 0.6 is 0 Å². The summed E-state index contributed by atoms with van der Waals surface area (Å²) < 4.78 is 28.1. The highest BCUT2D eigenvalue weighted by Gasteiger charge is 2.05. The van der Waals surface area contributed by atoms with Gasteiger partial charge in [-0.2, -0.15) is 5.10 Å². The van der Waals surface area contributed by atoms with E-state index in [1.165, 1.54) is 12.1 Å². The third-order valence-electron chi connectivity index (χ3n) is 2.96. The number of hydrogen-bond donors (Lipinski definition) is 1. The molecule has 1 N–H and O–H groups in total. The Kier molecular flexibility index (Phi) is 2.67. The zero-order valence-corrected chi connectivity index (χ0v) is 10.2. The first kappa shape index (κ1) is 11.6. The van der Waals surface area contributed by atoms with E-state index in [-0.39, 0.29) is 5.69 Å². The van der Waals surface area contributed by atoms with Crippen LogP contribution in [0.15, 0.2) is 42.6 Å². The molecule has 0 aliphatic heterocycles. The lowest BCUT2D eigenvalue weighted by atomic mass is 10.2. The minimum Gasteiger partial charge on any atom is -0.353 e. The molecule has 0 aliphatic rings. The number of rotatable bonds is 2. The highest BCUT2D eigenvalue weighted by molar-refractivity contribution is 5.83. The number of aromatic nitrogens is 2. The molecule has 0 saturated heterocycles. The van der Waals surface area contributed by atoms with Crippen LogP contribution < -0.4 is 5.32 Å². The van der Waals surface area contributed by atoms with Crippen molar-refractivity contribution in [3.8, 4) is 0 Å². The summed E-state index contributed by atoms with van der Waals surface area (Å²) in [5, 5.41) is 8.07. The van der Waals surface area contributed by atoms with E-state index in [0.717, 1.165) is 22.7 Å². The molecule has 2 aromatic carbocycles. The minimum absolute atomic E-state index is 0.239. The average molecular weight is 259 g/mol. The number of halogens is 2. The van der Waals surface area contributed by atoms with Crippen LogP contribution in [0.3, 0.4) is 0 Å². The van der Waals surface area contributed by atoms with E-state index in [9.17, 15) is 8.78 Å². The Morgan fingerprint density at radius 2 is 1.95 bits per heavy atom. The molecule has 3 aromatic rings. The molecule has 0 saturated carbocycles. The standard InChI is InChI=1S/C14H11F2N3/c1-19-14-7-11(4-2-9(14)8-17-19)18-13-5-3-10(15)6-12(13)16/h2-8,18H,1H3. The first-order chi connectivity index (χ1) is 9.13. The second kappa shape index (κ2) is 4.35.